The molecule has 0 saturated carbocycles. The Bertz CT molecular complexity index is 741. The third kappa shape index (κ3) is 3.67. The fraction of sp³-hybridized carbons (Fsp3) is 0.231. The minimum atomic E-state index is -0.612. The molecule has 1 aromatic heterocycles. The SMILES string of the molecule is CN(C)C(=O)CNC(=O)c1ccc(-n2cncn2)c([N+](=O)[O-])c1. The van der Waals surface area contributed by atoms with Gasteiger partial charge in [0.1, 0.15) is 18.3 Å². The average molecular weight is 318 g/mol. The van der Waals surface area contributed by atoms with Crippen molar-refractivity contribution < 1.29 is 14.5 Å². The summed E-state index contributed by atoms with van der Waals surface area (Å²) in [6.45, 7) is -0.190. The minimum absolute atomic E-state index is 0.0760. The monoisotopic (exact) mass is 318 g/mol. The molecular formula is C13H14N6O4. The summed E-state index contributed by atoms with van der Waals surface area (Å²) in [5.74, 6) is -0.861. The summed E-state index contributed by atoms with van der Waals surface area (Å²) >= 11 is 0. The number of nitro groups is 1. The van der Waals surface area contributed by atoms with E-state index in [2.05, 4.69) is 15.4 Å². The Hall–Kier alpha value is -3.30. The van der Waals surface area contributed by atoms with E-state index in [4.69, 9.17) is 0 Å². The van der Waals surface area contributed by atoms with E-state index < -0.39 is 10.8 Å². The highest BCUT2D eigenvalue weighted by Crippen LogP contribution is 2.23. The van der Waals surface area contributed by atoms with E-state index in [-0.39, 0.29) is 29.4 Å². The highest BCUT2D eigenvalue weighted by atomic mass is 16.6. The molecule has 0 aliphatic heterocycles. The van der Waals surface area contributed by atoms with Gasteiger partial charge in [-0.25, -0.2) is 9.67 Å². The van der Waals surface area contributed by atoms with Crippen molar-refractivity contribution in [3.8, 4) is 5.69 Å². The number of benzene rings is 1. The highest BCUT2D eigenvalue weighted by molar-refractivity contribution is 5.97. The van der Waals surface area contributed by atoms with Crippen LogP contribution in [-0.2, 0) is 4.79 Å². The van der Waals surface area contributed by atoms with Crippen LogP contribution in [-0.4, -0.2) is 57.0 Å². The largest absolute Gasteiger partial charge is 0.347 e. The maximum Gasteiger partial charge on any atom is 0.295 e. The fourth-order valence-electron chi connectivity index (χ4n) is 1.75. The van der Waals surface area contributed by atoms with E-state index in [1.165, 1.54) is 34.4 Å². The molecule has 1 N–H and O–H groups in total. The van der Waals surface area contributed by atoms with E-state index in [1.807, 2.05) is 0 Å². The molecule has 0 spiro atoms. The van der Waals surface area contributed by atoms with Crippen molar-refractivity contribution in [1.82, 2.24) is 25.0 Å². The second kappa shape index (κ2) is 6.64. The van der Waals surface area contributed by atoms with Crippen molar-refractivity contribution >= 4 is 17.5 Å². The maximum atomic E-state index is 12.0. The maximum absolute atomic E-state index is 12.0. The van der Waals surface area contributed by atoms with E-state index in [0.717, 1.165) is 6.07 Å². The first-order chi connectivity index (χ1) is 10.9. The van der Waals surface area contributed by atoms with Crippen LogP contribution in [0.5, 0.6) is 0 Å². The number of carbonyl (C=O) groups excluding carboxylic acids is 2. The molecule has 23 heavy (non-hydrogen) atoms. The predicted octanol–water partition coefficient (Wildman–Crippen LogP) is -0.00650. The number of hydrogen-bond acceptors (Lipinski definition) is 6. The van der Waals surface area contributed by atoms with Crippen LogP contribution in [0.25, 0.3) is 5.69 Å². The standard InChI is InChI=1S/C13H14N6O4/c1-17(2)12(20)6-15-13(21)9-3-4-10(11(5-9)19(22)23)18-8-14-7-16-18/h3-5,7-8H,6H2,1-2H3,(H,15,21). The van der Waals surface area contributed by atoms with Crippen LogP contribution in [0, 0.1) is 10.1 Å². The van der Waals surface area contributed by atoms with Gasteiger partial charge in [0.25, 0.3) is 11.6 Å². The molecule has 0 aliphatic carbocycles. The predicted molar refractivity (Wildman–Crippen MR) is 79.0 cm³/mol. The molecule has 0 radical (unpaired) electrons. The van der Waals surface area contributed by atoms with Crippen molar-refractivity contribution in [1.29, 1.82) is 0 Å². The van der Waals surface area contributed by atoms with E-state index in [0.29, 0.717) is 0 Å². The van der Waals surface area contributed by atoms with E-state index >= 15 is 0 Å². The Kier molecular flexibility index (Phi) is 4.64. The number of nitrogens with zero attached hydrogens (tertiary/aromatic N) is 5. The van der Waals surface area contributed by atoms with Gasteiger partial charge in [-0.2, -0.15) is 5.10 Å². The molecule has 1 aromatic carbocycles. The molecule has 10 nitrogen and oxygen atoms in total. The number of carbonyl (C=O) groups is 2. The molecule has 120 valence electrons. The molecule has 10 heteroatoms. The second-order valence-corrected chi connectivity index (χ2v) is 4.77. The van der Waals surface area contributed by atoms with Crippen LogP contribution in [0.4, 0.5) is 5.69 Å². The van der Waals surface area contributed by atoms with Gasteiger partial charge in [-0.1, -0.05) is 0 Å². The number of nitro benzene ring substituents is 1. The lowest BCUT2D eigenvalue weighted by molar-refractivity contribution is -0.384. The third-order valence-electron chi connectivity index (χ3n) is 3.00. The van der Waals surface area contributed by atoms with Crippen LogP contribution in [0.1, 0.15) is 10.4 Å². The summed E-state index contributed by atoms with van der Waals surface area (Å²) in [7, 11) is 3.12. The van der Waals surface area contributed by atoms with Crippen molar-refractivity contribution in [3.05, 3.63) is 46.5 Å². The van der Waals surface area contributed by atoms with Crippen molar-refractivity contribution in [2.24, 2.45) is 0 Å². The van der Waals surface area contributed by atoms with Crippen LogP contribution >= 0.6 is 0 Å². The van der Waals surface area contributed by atoms with Gasteiger partial charge in [0.05, 0.1) is 11.5 Å². The number of aromatic nitrogens is 3. The van der Waals surface area contributed by atoms with Gasteiger partial charge in [-0.05, 0) is 12.1 Å². The van der Waals surface area contributed by atoms with E-state index in [9.17, 15) is 19.7 Å². The van der Waals surface area contributed by atoms with Crippen LogP contribution in [0.15, 0.2) is 30.9 Å². The number of hydrogen-bond donors (Lipinski definition) is 1. The van der Waals surface area contributed by atoms with Gasteiger partial charge in [0.2, 0.25) is 5.91 Å². The summed E-state index contributed by atoms with van der Waals surface area (Å²) in [5, 5.41) is 17.4. The first-order valence-corrected chi connectivity index (χ1v) is 6.52. The van der Waals surface area contributed by atoms with Crippen molar-refractivity contribution in [2.45, 2.75) is 0 Å². The quantitative estimate of drug-likeness (QED) is 0.611. The van der Waals surface area contributed by atoms with Crippen LogP contribution in [0.3, 0.4) is 0 Å². The molecule has 0 fully saturated rings. The Morgan fingerprint density at radius 3 is 2.70 bits per heavy atom. The lowest BCUT2D eigenvalue weighted by Gasteiger charge is -2.11. The lowest BCUT2D eigenvalue weighted by Crippen LogP contribution is -2.36. The third-order valence-corrected chi connectivity index (χ3v) is 3.00. The number of rotatable bonds is 5. The van der Waals surface area contributed by atoms with Gasteiger partial charge in [0, 0.05) is 25.7 Å². The number of nitrogens with one attached hydrogen (secondary N) is 1. The normalized spacial score (nSPS) is 10.2. The Morgan fingerprint density at radius 2 is 2.13 bits per heavy atom. The molecule has 0 aliphatic rings. The number of likely N-dealkylation sites (N-methyl/N-ethyl adjacent to an activating group) is 1. The first-order valence-electron chi connectivity index (χ1n) is 6.52. The fourth-order valence-corrected chi connectivity index (χ4v) is 1.75. The van der Waals surface area contributed by atoms with E-state index in [1.54, 1.807) is 14.1 Å². The molecular weight excluding hydrogens is 304 g/mol. The van der Waals surface area contributed by atoms with Crippen molar-refractivity contribution in [3.63, 3.8) is 0 Å². The summed E-state index contributed by atoms with van der Waals surface area (Å²) < 4.78 is 1.23. The topological polar surface area (TPSA) is 123 Å². The van der Waals surface area contributed by atoms with Crippen LogP contribution < -0.4 is 5.32 Å². The average Bonchev–Trinajstić information content (AvgIpc) is 3.05. The van der Waals surface area contributed by atoms with Gasteiger partial charge in [0.15, 0.2) is 0 Å². The van der Waals surface area contributed by atoms with Gasteiger partial charge in [-0.3, -0.25) is 19.7 Å². The van der Waals surface area contributed by atoms with Gasteiger partial charge < -0.3 is 10.2 Å². The summed E-state index contributed by atoms with van der Waals surface area (Å²) in [6.07, 6.45) is 2.56. The zero-order valence-electron chi connectivity index (χ0n) is 12.5. The molecule has 0 atom stereocenters. The molecule has 0 unspecified atom stereocenters. The van der Waals surface area contributed by atoms with Gasteiger partial charge >= 0.3 is 0 Å². The Labute approximate surface area is 130 Å². The summed E-state index contributed by atoms with van der Waals surface area (Å²) in [6, 6.07) is 3.95. The highest BCUT2D eigenvalue weighted by Gasteiger charge is 2.19. The van der Waals surface area contributed by atoms with Crippen LogP contribution in [0.2, 0.25) is 0 Å². The Morgan fingerprint density at radius 1 is 1.39 bits per heavy atom. The van der Waals surface area contributed by atoms with Crippen molar-refractivity contribution in [2.75, 3.05) is 20.6 Å². The summed E-state index contributed by atoms with van der Waals surface area (Å²) in [4.78, 5) is 39.1. The number of amides is 2. The zero-order valence-corrected chi connectivity index (χ0v) is 12.5. The minimum Gasteiger partial charge on any atom is -0.347 e. The molecule has 2 rings (SSSR count). The second-order valence-electron chi connectivity index (χ2n) is 4.77. The zero-order chi connectivity index (χ0) is 17.0. The van der Waals surface area contributed by atoms with Gasteiger partial charge in [-0.15, -0.1) is 0 Å². The molecule has 1 heterocycles. The first kappa shape index (κ1) is 16.1. The summed E-state index contributed by atoms with van der Waals surface area (Å²) in [5.41, 5.74) is -0.0253. The Balaban J connectivity index is 2.24. The lowest BCUT2D eigenvalue weighted by atomic mass is 10.1. The molecule has 2 amide bonds. The molecule has 2 aromatic rings. The molecule has 0 saturated heterocycles. The smallest absolute Gasteiger partial charge is 0.295 e. The molecule has 0 bridgehead atoms.